The van der Waals surface area contributed by atoms with E-state index in [4.69, 9.17) is 17.3 Å². The van der Waals surface area contributed by atoms with Gasteiger partial charge in [-0.3, -0.25) is 4.72 Å². The zero-order chi connectivity index (χ0) is 15.6. The van der Waals surface area contributed by atoms with Crippen LogP contribution in [0.25, 0.3) is 0 Å². The lowest BCUT2D eigenvalue weighted by atomic mass is 10.1. The number of anilines is 1. The highest BCUT2D eigenvalue weighted by molar-refractivity contribution is 7.92. The first-order chi connectivity index (χ1) is 9.83. The molecule has 21 heavy (non-hydrogen) atoms. The lowest BCUT2D eigenvalue weighted by molar-refractivity contribution is 0.601. The van der Waals surface area contributed by atoms with E-state index in [0.717, 1.165) is 16.7 Å². The molecule has 2 aromatic rings. The number of rotatable bonds is 4. The maximum atomic E-state index is 12.4. The molecule has 0 saturated carbocycles. The zero-order valence-electron chi connectivity index (χ0n) is 11.9. The number of nitrogens with one attached hydrogen (secondary N) is 1. The second kappa shape index (κ2) is 6.05. The van der Waals surface area contributed by atoms with E-state index in [2.05, 4.69) is 4.72 Å². The lowest BCUT2D eigenvalue weighted by Crippen LogP contribution is -2.14. The largest absolute Gasteiger partial charge is 0.326 e. The molecule has 0 unspecified atom stereocenters. The van der Waals surface area contributed by atoms with E-state index in [9.17, 15) is 8.42 Å². The Bertz CT molecular complexity index is 773. The van der Waals surface area contributed by atoms with E-state index < -0.39 is 10.0 Å². The molecular weight excluding hydrogens is 308 g/mol. The molecule has 0 amide bonds. The number of hydrogen-bond donors (Lipinski definition) is 2. The molecule has 0 aliphatic rings. The number of nitrogens with two attached hydrogens (primary N) is 1. The van der Waals surface area contributed by atoms with E-state index in [1.54, 1.807) is 36.4 Å². The Balaban J connectivity index is 2.35. The summed E-state index contributed by atoms with van der Waals surface area (Å²) >= 11 is 6.01. The summed E-state index contributed by atoms with van der Waals surface area (Å²) in [6.45, 7) is 4.05. The Kier molecular flexibility index (Phi) is 4.56. The number of sulfonamides is 1. The Hall–Kier alpha value is -1.56. The van der Waals surface area contributed by atoms with Gasteiger partial charge in [-0.1, -0.05) is 23.7 Å². The first-order valence-corrected chi connectivity index (χ1v) is 8.28. The first-order valence-electron chi connectivity index (χ1n) is 6.42. The van der Waals surface area contributed by atoms with Gasteiger partial charge in [-0.05, 0) is 54.8 Å². The van der Waals surface area contributed by atoms with E-state index in [1.807, 2.05) is 13.8 Å². The molecule has 0 heterocycles. The summed E-state index contributed by atoms with van der Waals surface area (Å²) in [5, 5.41) is 0.516. The molecule has 0 bridgehead atoms. The minimum absolute atomic E-state index is 0.185. The van der Waals surface area contributed by atoms with Crippen LogP contribution in [-0.2, 0) is 16.6 Å². The molecule has 0 aliphatic heterocycles. The summed E-state index contributed by atoms with van der Waals surface area (Å²) in [5.41, 5.74) is 8.71. The smallest absolute Gasteiger partial charge is 0.261 e. The van der Waals surface area contributed by atoms with Crippen molar-refractivity contribution in [2.75, 3.05) is 4.72 Å². The molecule has 0 radical (unpaired) electrons. The van der Waals surface area contributed by atoms with Gasteiger partial charge in [-0.25, -0.2) is 8.42 Å². The summed E-state index contributed by atoms with van der Waals surface area (Å²) < 4.78 is 27.3. The molecule has 4 nitrogen and oxygen atoms in total. The lowest BCUT2D eigenvalue weighted by Gasteiger charge is -2.11. The van der Waals surface area contributed by atoms with Crippen molar-refractivity contribution in [1.82, 2.24) is 0 Å². The Morgan fingerprint density at radius 3 is 2.38 bits per heavy atom. The van der Waals surface area contributed by atoms with Crippen LogP contribution in [0.2, 0.25) is 5.02 Å². The van der Waals surface area contributed by atoms with Crippen LogP contribution in [0.5, 0.6) is 0 Å². The third kappa shape index (κ3) is 3.56. The van der Waals surface area contributed by atoms with Crippen LogP contribution in [0.1, 0.15) is 16.7 Å². The van der Waals surface area contributed by atoms with Gasteiger partial charge in [-0.2, -0.15) is 0 Å². The summed E-state index contributed by atoms with van der Waals surface area (Å²) in [5.74, 6) is 0. The predicted octanol–water partition coefficient (Wildman–Crippen LogP) is 3.22. The average Bonchev–Trinajstić information content (AvgIpc) is 2.43. The maximum absolute atomic E-state index is 12.4. The SMILES string of the molecule is Cc1ccc(NS(=O)(=O)c2ccc(C)c(CN)c2)cc1Cl. The molecule has 2 rings (SSSR count). The molecule has 0 fully saturated rings. The molecule has 112 valence electrons. The molecule has 0 aromatic heterocycles. The minimum atomic E-state index is -3.66. The molecule has 0 spiro atoms. The Morgan fingerprint density at radius 1 is 1.10 bits per heavy atom. The van der Waals surface area contributed by atoms with E-state index in [-0.39, 0.29) is 4.90 Å². The molecule has 0 saturated heterocycles. The van der Waals surface area contributed by atoms with Crippen molar-refractivity contribution in [3.8, 4) is 0 Å². The van der Waals surface area contributed by atoms with Crippen molar-refractivity contribution in [1.29, 1.82) is 0 Å². The summed E-state index contributed by atoms with van der Waals surface area (Å²) in [6, 6.07) is 9.93. The summed E-state index contributed by atoms with van der Waals surface area (Å²) in [7, 11) is -3.66. The van der Waals surface area contributed by atoms with Gasteiger partial charge < -0.3 is 5.73 Å². The molecule has 6 heteroatoms. The van der Waals surface area contributed by atoms with Crippen LogP contribution < -0.4 is 10.5 Å². The third-order valence-electron chi connectivity index (χ3n) is 3.27. The molecule has 3 N–H and O–H groups in total. The van der Waals surface area contributed by atoms with Crippen molar-refractivity contribution >= 4 is 27.3 Å². The van der Waals surface area contributed by atoms with Crippen LogP contribution in [0, 0.1) is 13.8 Å². The number of hydrogen-bond acceptors (Lipinski definition) is 3. The van der Waals surface area contributed by atoms with Crippen molar-refractivity contribution < 1.29 is 8.42 Å². The average molecular weight is 325 g/mol. The van der Waals surface area contributed by atoms with Gasteiger partial charge >= 0.3 is 0 Å². The second-order valence-electron chi connectivity index (χ2n) is 4.86. The van der Waals surface area contributed by atoms with Gasteiger partial charge in [0.25, 0.3) is 10.0 Å². The van der Waals surface area contributed by atoms with Gasteiger partial charge in [-0.15, -0.1) is 0 Å². The van der Waals surface area contributed by atoms with Crippen molar-refractivity contribution in [3.05, 3.63) is 58.1 Å². The summed E-state index contributed by atoms with van der Waals surface area (Å²) in [6.07, 6.45) is 0. The maximum Gasteiger partial charge on any atom is 0.261 e. The van der Waals surface area contributed by atoms with Gasteiger partial charge in [0.2, 0.25) is 0 Å². The fraction of sp³-hybridized carbons (Fsp3) is 0.200. The highest BCUT2D eigenvalue weighted by atomic mass is 35.5. The predicted molar refractivity (Wildman–Crippen MR) is 86.1 cm³/mol. The van der Waals surface area contributed by atoms with Gasteiger partial charge in [0.1, 0.15) is 0 Å². The minimum Gasteiger partial charge on any atom is -0.326 e. The molecule has 0 aliphatic carbocycles. The molecule has 2 aromatic carbocycles. The highest BCUT2D eigenvalue weighted by Crippen LogP contribution is 2.23. The Labute approximate surface area is 130 Å². The van der Waals surface area contributed by atoms with Crippen molar-refractivity contribution in [2.45, 2.75) is 25.3 Å². The summed E-state index contributed by atoms with van der Waals surface area (Å²) in [4.78, 5) is 0.185. The fourth-order valence-corrected chi connectivity index (χ4v) is 3.19. The first kappa shape index (κ1) is 15.8. The van der Waals surface area contributed by atoms with Crippen LogP contribution in [0.3, 0.4) is 0 Å². The van der Waals surface area contributed by atoms with Crippen LogP contribution in [0.15, 0.2) is 41.3 Å². The standard InChI is InChI=1S/C15H17ClN2O2S/c1-10-4-6-14(7-12(10)9-17)21(19,20)18-13-5-3-11(2)15(16)8-13/h3-8,18H,9,17H2,1-2H3. The van der Waals surface area contributed by atoms with Gasteiger partial charge in [0, 0.05) is 11.6 Å². The quantitative estimate of drug-likeness (QED) is 0.907. The van der Waals surface area contributed by atoms with Crippen LogP contribution in [0.4, 0.5) is 5.69 Å². The third-order valence-corrected chi connectivity index (χ3v) is 5.06. The number of halogens is 1. The van der Waals surface area contributed by atoms with Crippen molar-refractivity contribution in [3.63, 3.8) is 0 Å². The number of aryl methyl sites for hydroxylation is 2. The van der Waals surface area contributed by atoms with E-state index in [0.29, 0.717) is 17.3 Å². The second-order valence-corrected chi connectivity index (χ2v) is 6.95. The highest BCUT2D eigenvalue weighted by Gasteiger charge is 2.15. The van der Waals surface area contributed by atoms with Crippen LogP contribution >= 0.6 is 11.6 Å². The zero-order valence-corrected chi connectivity index (χ0v) is 13.4. The van der Waals surface area contributed by atoms with Gasteiger partial charge in [0.15, 0.2) is 0 Å². The van der Waals surface area contributed by atoms with E-state index >= 15 is 0 Å². The van der Waals surface area contributed by atoms with Crippen molar-refractivity contribution in [2.24, 2.45) is 5.73 Å². The normalized spacial score (nSPS) is 11.4. The Morgan fingerprint density at radius 2 is 1.76 bits per heavy atom. The topological polar surface area (TPSA) is 72.2 Å². The van der Waals surface area contributed by atoms with E-state index in [1.165, 1.54) is 0 Å². The number of benzene rings is 2. The van der Waals surface area contributed by atoms with Gasteiger partial charge in [0.05, 0.1) is 10.6 Å². The molecule has 0 atom stereocenters. The monoisotopic (exact) mass is 324 g/mol. The molecular formula is C15H17ClN2O2S. The fourth-order valence-electron chi connectivity index (χ4n) is 1.91. The van der Waals surface area contributed by atoms with Crippen LogP contribution in [-0.4, -0.2) is 8.42 Å².